The summed E-state index contributed by atoms with van der Waals surface area (Å²) >= 11 is 0. The van der Waals surface area contributed by atoms with E-state index in [1.807, 2.05) is 4.90 Å². The summed E-state index contributed by atoms with van der Waals surface area (Å²) in [7, 11) is 0. The average molecular weight is 302 g/mol. The Morgan fingerprint density at radius 1 is 1.33 bits per heavy atom. The van der Waals surface area contributed by atoms with Gasteiger partial charge in [-0.25, -0.2) is 0 Å². The van der Waals surface area contributed by atoms with Crippen molar-refractivity contribution in [2.45, 2.75) is 25.6 Å². The highest BCUT2D eigenvalue weighted by Gasteiger charge is 2.36. The molecule has 2 rings (SSSR count). The number of nitrogens with one attached hydrogen (secondary N) is 1. The van der Waals surface area contributed by atoms with E-state index in [4.69, 9.17) is 4.74 Å². The van der Waals surface area contributed by atoms with Gasteiger partial charge in [-0.15, -0.1) is 0 Å². The van der Waals surface area contributed by atoms with Gasteiger partial charge in [-0.3, -0.25) is 0 Å². The first kappa shape index (κ1) is 16.1. The maximum Gasteiger partial charge on any atom is 0.418 e. The molecular formula is C15H21F3N2O. The molecule has 0 bridgehead atoms. The number of halogens is 3. The molecule has 0 saturated carbocycles. The Bertz CT molecular complexity index is 451. The molecule has 1 saturated heterocycles. The maximum atomic E-state index is 13.2. The Labute approximate surface area is 123 Å². The van der Waals surface area contributed by atoms with E-state index >= 15 is 0 Å². The van der Waals surface area contributed by atoms with Crippen molar-refractivity contribution in [2.75, 3.05) is 37.7 Å². The summed E-state index contributed by atoms with van der Waals surface area (Å²) in [6, 6.07) is 5.68. The highest BCUT2D eigenvalue weighted by Crippen LogP contribution is 2.37. The molecule has 0 amide bonds. The first-order valence-electron chi connectivity index (χ1n) is 7.25. The van der Waals surface area contributed by atoms with Crippen LogP contribution < -0.4 is 10.2 Å². The van der Waals surface area contributed by atoms with Gasteiger partial charge in [0.05, 0.1) is 24.8 Å². The lowest BCUT2D eigenvalue weighted by Gasteiger charge is -2.38. The van der Waals surface area contributed by atoms with Crippen molar-refractivity contribution < 1.29 is 17.9 Å². The van der Waals surface area contributed by atoms with Crippen molar-refractivity contribution in [3.63, 3.8) is 0 Å². The van der Waals surface area contributed by atoms with Crippen LogP contribution in [0.15, 0.2) is 24.3 Å². The molecular weight excluding hydrogens is 281 g/mol. The molecule has 1 fully saturated rings. The van der Waals surface area contributed by atoms with E-state index in [0.717, 1.165) is 19.0 Å². The van der Waals surface area contributed by atoms with Crippen LogP contribution in [0.1, 0.15) is 18.9 Å². The number of para-hydroxylation sites is 1. The van der Waals surface area contributed by atoms with Gasteiger partial charge in [0.2, 0.25) is 0 Å². The molecule has 1 aliphatic rings. The molecule has 118 valence electrons. The van der Waals surface area contributed by atoms with Crippen LogP contribution in [0.3, 0.4) is 0 Å². The topological polar surface area (TPSA) is 24.5 Å². The molecule has 0 spiro atoms. The van der Waals surface area contributed by atoms with Crippen LogP contribution in [-0.4, -0.2) is 38.9 Å². The van der Waals surface area contributed by atoms with Gasteiger partial charge in [0.15, 0.2) is 0 Å². The van der Waals surface area contributed by atoms with E-state index in [0.29, 0.717) is 26.3 Å². The second-order valence-corrected chi connectivity index (χ2v) is 5.14. The van der Waals surface area contributed by atoms with Crippen LogP contribution >= 0.6 is 0 Å². The smallest absolute Gasteiger partial charge is 0.377 e. The van der Waals surface area contributed by atoms with Gasteiger partial charge in [-0.2, -0.15) is 13.2 Å². The number of rotatable bonds is 5. The zero-order valence-electron chi connectivity index (χ0n) is 12.1. The van der Waals surface area contributed by atoms with Crippen LogP contribution in [0, 0.1) is 0 Å². The Morgan fingerprint density at radius 2 is 2.10 bits per heavy atom. The summed E-state index contributed by atoms with van der Waals surface area (Å²) in [4.78, 5) is 1.81. The Balaban J connectivity index is 2.21. The number of hydrogen-bond acceptors (Lipinski definition) is 3. The van der Waals surface area contributed by atoms with E-state index in [2.05, 4.69) is 12.2 Å². The third-order valence-electron chi connectivity index (χ3n) is 3.55. The normalized spacial score (nSPS) is 19.8. The largest absolute Gasteiger partial charge is 0.418 e. The van der Waals surface area contributed by atoms with Gasteiger partial charge in [0.1, 0.15) is 0 Å². The SMILES string of the molecule is CCCNCC1COCCN1c1ccccc1C(F)(F)F. The molecule has 1 heterocycles. The standard InChI is InChI=1S/C15H21F3N2O/c1-2-7-19-10-12-11-21-9-8-20(12)14-6-4-3-5-13(14)15(16,17)18/h3-6,12,19H,2,7-11H2,1H3. The van der Waals surface area contributed by atoms with Crippen LogP contribution in [0.25, 0.3) is 0 Å². The highest BCUT2D eigenvalue weighted by molar-refractivity contribution is 5.56. The molecule has 3 nitrogen and oxygen atoms in total. The Morgan fingerprint density at radius 3 is 2.81 bits per heavy atom. The van der Waals surface area contributed by atoms with Crippen LogP contribution in [0.5, 0.6) is 0 Å². The third kappa shape index (κ3) is 4.11. The second-order valence-electron chi connectivity index (χ2n) is 5.14. The van der Waals surface area contributed by atoms with Gasteiger partial charge in [0, 0.05) is 18.8 Å². The molecule has 6 heteroatoms. The number of benzene rings is 1. The number of alkyl halides is 3. The zero-order valence-corrected chi connectivity index (χ0v) is 12.1. The number of ether oxygens (including phenoxy) is 1. The third-order valence-corrected chi connectivity index (χ3v) is 3.55. The minimum atomic E-state index is -4.34. The minimum absolute atomic E-state index is 0.0752. The van der Waals surface area contributed by atoms with Gasteiger partial charge >= 0.3 is 6.18 Å². The first-order valence-corrected chi connectivity index (χ1v) is 7.25. The molecule has 21 heavy (non-hydrogen) atoms. The quantitative estimate of drug-likeness (QED) is 0.847. The van der Waals surface area contributed by atoms with E-state index in [1.54, 1.807) is 12.1 Å². The zero-order chi connectivity index (χ0) is 15.3. The van der Waals surface area contributed by atoms with Crippen LogP contribution in [0.4, 0.5) is 18.9 Å². The summed E-state index contributed by atoms with van der Waals surface area (Å²) < 4.78 is 44.9. The number of morpholine rings is 1. The monoisotopic (exact) mass is 302 g/mol. The fraction of sp³-hybridized carbons (Fsp3) is 0.600. The molecule has 1 atom stereocenters. The molecule has 0 radical (unpaired) electrons. The minimum Gasteiger partial charge on any atom is -0.377 e. The fourth-order valence-corrected chi connectivity index (χ4v) is 2.55. The molecule has 1 aromatic rings. The van der Waals surface area contributed by atoms with Crippen LogP contribution in [0.2, 0.25) is 0 Å². The summed E-state index contributed by atoms with van der Waals surface area (Å²) in [6.07, 6.45) is -3.34. The molecule has 1 N–H and O–H groups in total. The van der Waals surface area contributed by atoms with Crippen molar-refractivity contribution >= 4 is 5.69 Å². The van der Waals surface area contributed by atoms with E-state index in [9.17, 15) is 13.2 Å². The molecule has 1 aliphatic heterocycles. The van der Waals surface area contributed by atoms with Gasteiger partial charge < -0.3 is 15.0 Å². The predicted octanol–water partition coefficient (Wildman–Crippen LogP) is 2.91. The first-order chi connectivity index (χ1) is 10.0. The van der Waals surface area contributed by atoms with Crippen molar-refractivity contribution in [3.05, 3.63) is 29.8 Å². The Kier molecular flexibility index (Phi) is 5.47. The summed E-state index contributed by atoms with van der Waals surface area (Å²) in [5.74, 6) is 0. The molecule has 0 aliphatic carbocycles. The lowest BCUT2D eigenvalue weighted by atomic mass is 10.1. The van der Waals surface area contributed by atoms with Crippen molar-refractivity contribution in [3.8, 4) is 0 Å². The van der Waals surface area contributed by atoms with Gasteiger partial charge in [-0.05, 0) is 25.1 Å². The summed E-state index contributed by atoms with van der Waals surface area (Å²) in [6.45, 7) is 4.91. The lowest BCUT2D eigenvalue weighted by Crippen LogP contribution is -2.51. The fourth-order valence-electron chi connectivity index (χ4n) is 2.55. The molecule has 0 aromatic heterocycles. The van der Waals surface area contributed by atoms with E-state index in [1.165, 1.54) is 6.07 Å². The predicted molar refractivity (Wildman–Crippen MR) is 76.6 cm³/mol. The van der Waals surface area contributed by atoms with E-state index in [-0.39, 0.29) is 11.7 Å². The lowest BCUT2D eigenvalue weighted by molar-refractivity contribution is -0.137. The molecule has 1 aromatic carbocycles. The molecule has 1 unspecified atom stereocenters. The number of anilines is 1. The van der Waals surface area contributed by atoms with Gasteiger partial charge in [-0.1, -0.05) is 19.1 Å². The number of hydrogen-bond donors (Lipinski definition) is 1. The highest BCUT2D eigenvalue weighted by atomic mass is 19.4. The maximum absolute atomic E-state index is 13.2. The summed E-state index contributed by atoms with van der Waals surface area (Å²) in [5.41, 5.74) is -0.330. The van der Waals surface area contributed by atoms with Crippen molar-refractivity contribution in [1.29, 1.82) is 0 Å². The van der Waals surface area contributed by atoms with Crippen molar-refractivity contribution in [1.82, 2.24) is 5.32 Å². The van der Waals surface area contributed by atoms with Gasteiger partial charge in [0.25, 0.3) is 0 Å². The van der Waals surface area contributed by atoms with Crippen molar-refractivity contribution in [2.24, 2.45) is 0 Å². The average Bonchev–Trinajstić information content (AvgIpc) is 2.47. The van der Waals surface area contributed by atoms with Crippen LogP contribution in [-0.2, 0) is 10.9 Å². The Hall–Kier alpha value is -1.27. The van der Waals surface area contributed by atoms with E-state index < -0.39 is 11.7 Å². The number of nitrogens with zero attached hydrogens (tertiary/aromatic N) is 1. The second kappa shape index (κ2) is 7.13. The summed E-state index contributed by atoms with van der Waals surface area (Å²) in [5, 5.41) is 3.26.